The van der Waals surface area contributed by atoms with E-state index in [2.05, 4.69) is 16.8 Å². The number of hydrogen-bond acceptors (Lipinski definition) is 7. The Labute approximate surface area is 187 Å². The Bertz CT molecular complexity index is 1020. The Morgan fingerprint density at radius 2 is 1.72 bits per heavy atom. The van der Waals surface area contributed by atoms with Gasteiger partial charge >= 0.3 is 0 Å². The molecule has 3 aliphatic heterocycles. The zero-order valence-corrected chi connectivity index (χ0v) is 19.2. The van der Waals surface area contributed by atoms with Crippen molar-refractivity contribution in [3.05, 3.63) is 30.1 Å². The van der Waals surface area contributed by atoms with Crippen LogP contribution in [0.25, 0.3) is 11.0 Å². The van der Waals surface area contributed by atoms with E-state index in [0.717, 1.165) is 29.8 Å². The van der Waals surface area contributed by atoms with Crippen molar-refractivity contribution in [2.24, 2.45) is 0 Å². The molecule has 0 bridgehead atoms. The summed E-state index contributed by atoms with van der Waals surface area (Å²) in [6.45, 7) is 10.5. The summed E-state index contributed by atoms with van der Waals surface area (Å²) in [4.78, 5) is 18.0. The van der Waals surface area contributed by atoms with Crippen molar-refractivity contribution in [1.82, 2.24) is 14.9 Å². The van der Waals surface area contributed by atoms with Gasteiger partial charge in [0.2, 0.25) is 0 Å². The van der Waals surface area contributed by atoms with Crippen LogP contribution in [0.3, 0.4) is 0 Å². The molecule has 9 nitrogen and oxygen atoms in total. The normalized spacial score (nSPS) is 32.6. The molecule has 1 amide bonds. The summed E-state index contributed by atoms with van der Waals surface area (Å²) in [7, 11) is 0. The number of carbonyl (C=O) groups excluding carboxylic acids is 1. The topological polar surface area (TPSA) is 93.1 Å². The van der Waals surface area contributed by atoms with Crippen LogP contribution in [0.15, 0.2) is 24.3 Å². The summed E-state index contributed by atoms with van der Waals surface area (Å²) in [5.74, 6) is -1.16. The second-order valence-electron chi connectivity index (χ2n) is 9.48. The maximum atomic E-state index is 13.3. The summed E-state index contributed by atoms with van der Waals surface area (Å²) < 4.78 is 32.2. The van der Waals surface area contributed by atoms with Crippen molar-refractivity contribution in [1.29, 1.82) is 0 Å². The van der Waals surface area contributed by atoms with Crippen molar-refractivity contribution in [2.45, 2.75) is 96.4 Å². The monoisotopic (exact) mass is 445 g/mol. The fourth-order valence-electron chi connectivity index (χ4n) is 4.82. The maximum Gasteiger partial charge on any atom is 0.252 e. The molecule has 4 heterocycles. The number of nitrogens with one attached hydrogen (secondary N) is 1. The Balaban J connectivity index is 1.35. The van der Waals surface area contributed by atoms with E-state index >= 15 is 0 Å². The van der Waals surface area contributed by atoms with Gasteiger partial charge in [-0.1, -0.05) is 19.1 Å². The number of hydrogen-bond donors (Lipinski definition) is 1. The number of rotatable bonds is 5. The minimum absolute atomic E-state index is 0.284. The predicted molar refractivity (Wildman–Crippen MR) is 114 cm³/mol. The molecular weight excluding hydrogens is 414 g/mol. The van der Waals surface area contributed by atoms with Crippen LogP contribution in [-0.4, -0.2) is 57.7 Å². The maximum absolute atomic E-state index is 13.3. The van der Waals surface area contributed by atoms with E-state index in [-0.39, 0.29) is 12.5 Å². The number of amides is 1. The fraction of sp³-hybridized carbons (Fsp3) is 0.652. The lowest BCUT2D eigenvalue weighted by molar-refractivity contribution is -0.231. The molecular formula is C23H31N3O6. The summed E-state index contributed by atoms with van der Waals surface area (Å²) in [6, 6.07) is 7.98. The Hall–Kier alpha value is -2.04. The van der Waals surface area contributed by atoms with E-state index in [0.29, 0.717) is 0 Å². The molecule has 5 atom stereocenters. The average Bonchev–Trinajstić information content (AvgIpc) is 3.35. The number of para-hydroxylation sites is 2. The lowest BCUT2D eigenvalue weighted by Crippen LogP contribution is -2.59. The van der Waals surface area contributed by atoms with Crippen LogP contribution in [-0.2, 0) is 41.6 Å². The Kier molecular flexibility index (Phi) is 5.29. The molecule has 1 aromatic carbocycles. The molecule has 9 heteroatoms. The second-order valence-corrected chi connectivity index (χ2v) is 9.48. The summed E-state index contributed by atoms with van der Waals surface area (Å²) in [5.41, 5.74) is 1.97. The van der Waals surface area contributed by atoms with Gasteiger partial charge in [0, 0.05) is 6.54 Å². The van der Waals surface area contributed by atoms with Crippen LogP contribution in [0.2, 0.25) is 0 Å². The van der Waals surface area contributed by atoms with Crippen molar-refractivity contribution in [3.8, 4) is 0 Å². The van der Waals surface area contributed by atoms with Crippen molar-refractivity contribution >= 4 is 16.9 Å². The molecule has 174 valence electrons. The number of carbonyl (C=O) groups is 1. The standard InChI is InChI=1S/C23H31N3O6/c1-6-11-26-14-10-8-7-9-13(14)25-15(26)12-24-20(27)18-16-17(30-22(2,3)29-16)19-21(28-18)32-23(4,5)31-19/h7-10,16-19,21H,6,11-12H2,1-5H3,(H,24,27)/t16-,17+,18+,19-,21-/m1/s1. The van der Waals surface area contributed by atoms with Crippen LogP contribution in [0.4, 0.5) is 0 Å². The van der Waals surface area contributed by atoms with Crippen LogP contribution in [0.1, 0.15) is 46.9 Å². The van der Waals surface area contributed by atoms with E-state index in [1.165, 1.54) is 0 Å². The molecule has 5 rings (SSSR count). The predicted octanol–water partition coefficient (Wildman–Crippen LogP) is 2.46. The third-order valence-electron chi connectivity index (χ3n) is 6.01. The highest BCUT2D eigenvalue weighted by Gasteiger charge is 2.62. The smallest absolute Gasteiger partial charge is 0.252 e. The van der Waals surface area contributed by atoms with Crippen molar-refractivity contribution < 1.29 is 28.5 Å². The first-order chi connectivity index (χ1) is 15.2. The van der Waals surface area contributed by atoms with E-state index in [1.807, 2.05) is 52.0 Å². The minimum Gasteiger partial charge on any atom is -0.347 e. The molecule has 1 aromatic heterocycles. The quantitative estimate of drug-likeness (QED) is 0.756. The van der Waals surface area contributed by atoms with Gasteiger partial charge in [0.1, 0.15) is 24.1 Å². The highest BCUT2D eigenvalue weighted by Crippen LogP contribution is 2.44. The van der Waals surface area contributed by atoms with Crippen molar-refractivity contribution in [2.75, 3.05) is 0 Å². The average molecular weight is 446 g/mol. The number of aromatic nitrogens is 2. The number of fused-ring (bicyclic) bond motifs is 4. The summed E-state index contributed by atoms with van der Waals surface area (Å²) in [5, 5.41) is 2.99. The Morgan fingerprint density at radius 3 is 2.50 bits per heavy atom. The van der Waals surface area contributed by atoms with Crippen LogP contribution < -0.4 is 5.32 Å². The molecule has 0 unspecified atom stereocenters. The SMILES string of the molecule is CCCn1c(CNC(=O)[C@H]2O[C@@H]3OC(C)(C)O[C@@H]3[C@H]3OC(C)(C)O[C@H]32)nc2ccccc21. The van der Waals surface area contributed by atoms with Gasteiger partial charge < -0.3 is 33.6 Å². The first kappa shape index (κ1) is 21.8. The molecule has 0 saturated carbocycles. The van der Waals surface area contributed by atoms with Gasteiger partial charge in [-0.15, -0.1) is 0 Å². The van der Waals surface area contributed by atoms with Gasteiger partial charge in [-0.3, -0.25) is 4.79 Å². The van der Waals surface area contributed by atoms with Gasteiger partial charge in [-0.2, -0.15) is 0 Å². The second kappa shape index (κ2) is 7.78. The molecule has 3 aliphatic rings. The first-order valence-corrected chi connectivity index (χ1v) is 11.3. The van der Waals surface area contributed by atoms with Gasteiger partial charge in [-0.25, -0.2) is 4.98 Å². The third-order valence-corrected chi connectivity index (χ3v) is 6.01. The van der Waals surface area contributed by atoms with Gasteiger partial charge in [0.15, 0.2) is 24.0 Å². The molecule has 0 radical (unpaired) electrons. The van der Waals surface area contributed by atoms with Crippen LogP contribution in [0, 0.1) is 0 Å². The largest absolute Gasteiger partial charge is 0.347 e. The molecule has 32 heavy (non-hydrogen) atoms. The number of imidazole rings is 1. The van der Waals surface area contributed by atoms with E-state index in [1.54, 1.807) is 0 Å². The van der Waals surface area contributed by atoms with E-state index in [9.17, 15) is 4.79 Å². The molecule has 0 spiro atoms. The molecule has 2 aromatic rings. The summed E-state index contributed by atoms with van der Waals surface area (Å²) >= 11 is 0. The van der Waals surface area contributed by atoms with E-state index < -0.39 is 42.3 Å². The minimum atomic E-state index is -0.885. The van der Waals surface area contributed by atoms with Crippen LogP contribution in [0.5, 0.6) is 0 Å². The summed E-state index contributed by atoms with van der Waals surface area (Å²) in [6.07, 6.45) is -2.15. The van der Waals surface area contributed by atoms with Gasteiger partial charge in [0.05, 0.1) is 17.6 Å². The van der Waals surface area contributed by atoms with Crippen LogP contribution >= 0.6 is 0 Å². The molecule has 1 N–H and O–H groups in total. The Morgan fingerprint density at radius 1 is 1.03 bits per heavy atom. The highest BCUT2D eigenvalue weighted by molar-refractivity contribution is 5.82. The lowest BCUT2D eigenvalue weighted by atomic mass is 9.98. The zero-order chi connectivity index (χ0) is 22.7. The number of aryl methyl sites for hydroxylation is 1. The number of ether oxygens (including phenoxy) is 5. The van der Waals surface area contributed by atoms with Gasteiger partial charge in [0.25, 0.3) is 5.91 Å². The molecule has 3 saturated heterocycles. The molecule has 0 aliphatic carbocycles. The third kappa shape index (κ3) is 3.82. The molecule has 3 fully saturated rings. The van der Waals surface area contributed by atoms with E-state index in [4.69, 9.17) is 28.7 Å². The zero-order valence-electron chi connectivity index (χ0n) is 19.2. The lowest BCUT2D eigenvalue weighted by Gasteiger charge is -2.36. The van der Waals surface area contributed by atoms with Crippen molar-refractivity contribution in [3.63, 3.8) is 0 Å². The highest BCUT2D eigenvalue weighted by atomic mass is 16.9. The fourth-order valence-corrected chi connectivity index (χ4v) is 4.82. The van der Waals surface area contributed by atoms with Gasteiger partial charge in [-0.05, 0) is 46.2 Å². The number of benzene rings is 1. The number of nitrogens with zero attached hydrogens (tertiary/aromatic N) is 2. The first-order valence-electron chi connectivity index (χ1n) is 11.3.